The van der Waals surface area contributed by atoms with Crippen LogP contribution in [0.15, 0.2) is 243 Å². The average Bonchev–Trinajstić information content (AvgIpc) is 4.12. The molecule has 0 bridgehead atoms. The number of hydrogen-bond donors (Lipinski definition) is 1. The smallest absolute Gasteiger partial charge is 0.0318 e. The van der Waals surface area contributed by atoms with Gasteiger partial charge < -0.3 is 0 Å². The van der Waals surface area contributed by atoms with E-state index in [0.29, 0.717) is 22.6 Å². The van der Waals surface area contributed by atoms with Crippen molar-refractivity contribution in [1.82, 2.24) is 9.53 Å². The van der Waals surface area contributed by atoms with Crippen LogP contribution in [-0.4, -0.2) is 17.5 Å². The molecule has 386 valence electrons. The van der Waals surface area contributed by atoms with E-state index in [1.165, 1.54) is 94.8 Å². The molecule has 0 aliphatic carbocycles. The van der Waals surface area contributed by atoms with E-state index >= 15 is 0 Å². The lowest BCUT2D eigenvalue weighted by atomic mass is 10.0. The summed E-state index contributed by atoms with van der Waals surface area (Å²) < 4.78 is 3.00. The molecule has 0 unspecified atom stereocenters. The number of halogens is 1. The van der Waals surface area contributed by atoms with Crippen molar-refractivity contribution in [2.24, 2.45) is 0 Å². The zero-order valence-corrected chi connectivity index (χ0v) is 49.3. The Hall–Kier alpha value is -3.87. The van der Waals surface area contributed by atoms with Crippen molar-refractivity contribution in [1.29, 1.82) is 0 Å². The lowest BCUT2D eigenvalue weighted by Crippen LogP contribution is -2.27. The molecular weight excluding hydrogens is 1080 g/mol. The van der Waals surface area contributed by atoms with Gasteiger partial charge in [-0.15, -0.1) is 0 Å². The molecule has 0 radical (unpaired) electrons. The van der Waals surface area contributed by atoms with Gasteiger partial charge >= 0.3 is 0 Å². The third kappa shape index (κ3) is 16.8. The van der Waals surface area contributed by atoms with Crippen LogP contribution in [-0.2, 0) is 0 Å². The molecule has 74 heavy (non-hydrogen) atoms. The Morgan fingerprint density at radius 3 is 1.03 bits per heavy atom. The van der Waals surface area contributed by atoms with Gasteiger partial charge in [0.15, 0.2) is 0 Å². The summed E-state index contributed by atoms with van der Waals surface area (Å²) in [5.41, 5.74) is 8.51. The molecule has 2 aliphatic rings. The van der Waals surface area contributed by atoms with Crippen LogP contribution in [0.5, 0.6) is 0 Å². The van der Waals surface area contributed by atoms with Gasteiger partial charge in [0.1, 0.15) is 0 Å². The molecule has 2 aliphatic heterocycles. The van der Waals surface area contributed by atoms with Crippen molar-refractivity contribution < 1.29 is 0 Å². The van der Waals surface area contributed by atoms with Crippen LogP contribution in [0.25, 0.3) is 0 Å². The van der Waals surface area contributed by atoms with E-state index in [4.69, 9.17) is 0 Å². The average molecular weight is 1170 g/mol. The fourth-order valence-electron chi connectivity index (χ4n) is 9.97. The van der Waals surface area contributed by atoms with Gasteiger partial charge in [-0.05, 0) is 127 Å². The molecule has 8 aromatic carbocycles. The van der Waals surface area contributed by atoms with E-state index in [2.05, 4.69) is 288 Å². The molecule has 0 saturated carbocycles. The number of nitrogens with one attached hydrogen (secondary N) is 1. The van der Waals surface area contributed by atoms with E-state index in [1.54, 1.807) is 0 Å². The lowest BCUT2D eigenvalue weighted by molar-refractivity contribution is 0.632. The molecule has 2 fully saturated rings. The third-order valence-corrected chi connectivity index (χ3v) is 27.9. The highest BCUT2D eigenvalue weighted by molar-refractivity contribution is 14.2. The van der Waals surface area contributed by atoms with Crippen LogP contribution in [0, 0.1) is 0 Å². The number of hydrogen-bond acceptors (Lipinski definition) is 2. The summed E-state index contributed by atoms with van der Waals surface area (Å²) in [6, 6.07) is 88.9. The lowest BCUT2D eigenvalue weighted by Gasteiger charge is -2.42. The van der Waals surface area contributed by atoms with Crippen molar-refractivity contribution in [3.05, 3.63) is 265 Å². The van der Waals surface area contributed by atoms with Gasteiger partial charge in [-0.3, -0.25) is 9.53 Å². The molecule has 8 aromatic rings. The molecule has 0 spiro atoms. The highest BCUT2D eigenvalue weighted by Gasteiger charge is 2.44. The summed E-state index contributed by atoms with van der Waals surface area (Å²) in [7, 11) is -1.22. The Labute approximate surface area is 466 Å². The van der Waals surface area contributed by atoms with Gasteiger partial charge in [0, 0.05) is 42.8 Å². The zero-order valence-electron chi connectivity index (χ0n) is 43.6. The predicted molar refractivity (Wildman–Crippen MR) is 344 cm³/mol. The number of nitrogens with zero attached hydrogens (tertiary/aromatic N) is 1. The second-order valence-electron chi connectivity index (χ2n) is 18.3. The van der Waals surface area contributed by atoms with Crippen LogP contribution in [0.2, 0.25) is 0 Å². The first-order valence-electron chi connectivity index (χ1n) is 26.9. The minimum atomic E-state index is -0.609. The van der Waals surface area contributed by atoms with Crippen molar-refractivity contribution >= 4 is 73.0 Å². The van der Waals surface area contributed by atoms with Crippen LogP contribution in [0.3, 0.4) is 0 Å². The van der Waals surface area contributed by atoms with Gasteiger partial charge in [0.05, 0.1) is 0 Å². The van der Waals surface area contributed by atoms with Crippen LogP contribution >= 0.6 is 51.8 Å². The Kier molecular flexibility index (Phi) is 26.7. The highest BCUT2D eigenvalue weighted by atomic mass is 127. The summed E-state index contributed by atoms with van der Waals surface area (Å²) in [6.45, 7) is 10.9. The van der Waals surface area contributed by atoms with Gasteiger partial charge in [-0.1, -0.05) is 291 Å². The molecule has 2 nitrogen and oxygen atoms in total. The maximum atomic E-state index is 3.94. The molecule has 7 heteroatoms. The van der Waals surface area contributed by atoms with E-state index in [9.17, 15) is 0 Å². The molecule has 0 amide bonds. The zero-order chi connectivity index (χ0) is 50.9. The quantitative estimate of drug-likeness (QED) is 0.0555. The first kappa shape index (κ1) is 59.4. The van der Waals surface area contributed by atoms with Crippen LogP contribution in [0.1, 0.15) is 131 Å². The largest absolute Gasteiger partial charge is 0.295 e. The van der Waals surface area contributed by atoms with E-state index in [1.807, 2.05) is 13.8 Å². The molecule has 2 heterocycles. The van der Waals surface area contributed by atoms with E-state index < -0.39 is 16.1 Å². The van der Waals surface area contributed by atoms with Gasteiger partial charge in [0.2, 0.25) is 0 Å². The molecular formula is C67H81IN2P4. The van der Waals surface area contributed by atoms with Gasteiger partial charge in [-0.2, -0.15) is 0 Å². The monoisotopic (exact) mass is 1160 g/mol. The van der Waals surface area contributed by atoms with E-state index in [-0.39, 0.29) is 21.1 Å². The minimum Gasteiger partial charge on any atom is -0.295 e. The summed E-state index contributed by atoms with van der Waals surface area (Å²) in [4.78, 5) is 0. The second-order valence-corrected chi connectivity index (χ2v) is 30.1. The Balaban J connectivity index is 0.000000195. The van der Waals surface area contributed by atoms with Crippen molar-refractivity contribution in [2.45, 2.75) is 109 Å². The SMILES string of the molecule is C.CC.CCCCN(P(c1ccccc1)c1ccccc1)P1[C@@H](c2ccccc2)CC[C@@H]1c1ccccc1.CCCCNP1[C@@H](c2ccccc2)CC[C@@H]1c1ccccc1.IP(c1ccccc1)c1ccccc1. The fourth-order valence-corrected chi connectivity index (χ4v) is 23.7. The second kappa shape index (κ2) is 33.3. The minimum absolute atomic E-state index is 0. The highest BCUT2D eigenvalue weighted by Crippen LogP contribution is 2.76. The van der Waals surface area contributed by atoms with Gasteiger partial charge in [0.25, 0.3) is 0 Å². The molecule has 2 saturated heterocycles. The Morgan fingerprint density at radius 2 is 0.703 bits per heavy atom. The number of rotatable bonds is 17. The number of unbranched alkanes of at least 4 members (excludes halogenated alkanes) is 2. The van der Waals surface area contributed by atoms with E-state index in [0.717, 1.165) is 13.1 Å². The first-order valence-corrected chi connectivity index (χ1v) is 35.2. The Morgan fingerprint density at radius 1 is 0.419 bits per heavy atom. The Bertz CT molecular complexity index is 2480. The van der Waals surface area contributed by atoms with Crippen molar-refractivity contribution in [3.63, 3.8) is 0 Å². The third-order valence-electron chi connectivity index (χ3n) is 13.5. The molecule has 1 N–H and O–H groups in total. The molecule has 10 rings (SSSR count). The first-order chi connectivity index (χ1) is 36.1. The maximum Gasteiger partial charge on any atom is 0.0318 e. The summed E-state index contributed by atoms with van der Waals surface area (Å²) in [5.74, 6) is 0. The molecule has 0 aromatic heterocycles. The van der Waals surface area contributed by atoms with Gasteiger partial charge in [-0.25, -0.2) is 0 Å². The predicted octanol–water partition coefficient (Wildman–Crippen LogP) is 20.0. The van der Waals surface area contributed by atoms with Crippen molar-refractivity contribution in [2.75, 3.05) is 13.1 Å². The van der Waals surface area contributed by atoms with Crippen LogP contribution in [0.4, 0.5) is 0 Å². The summed E-state index contributed by atoms with van der Waals surface area (Å²) in [5, 5.41) is 9.74. The number of benzene rings is 8. The normalized spacial score (nSPS) is 17.3. The maximum absolute atomic E-state index is 3.94. The van der Waals surface area contributed by atoms with Crippen molar-refractivity contribution in [3.8, 4) is 0 Å². The summed E-state index contributed by atoms with van der Waals surface area (Å²) in [6.07, 6.45) is 10.2. The summed E-state index contributed by atoms with van der Waals surface area (Å²) >= 11 is 2.54. The topological polar surface area (TPSA) is 15.3 Å². The molecule has 4 atom stereocenters. The fraction of sp³-hybridized carbons (Fsp3) is 0.284. The standard InChI is InChI=1S/C32H35NP2.C20H26NP.C12H10IP.C2H6.CH4/c1-2-3-26-33(34(29-20-12-6-13-21-29)30-22-14-7-15-23-30)35-31(27-16-8-4-9-17-27)24-25-32(35)28-18-10-5-11-19-28;1-2-3-16-21-22-19(17-10-6-4-7-11-17)14-15-20(22)18-12-8-5-9-13-18;13-14(11-7-3-1-4-8-11)12-9-5-2-6-10-12;1-2;/h4-23,31-32H,2-3,24-26H2,1H3;4-13,19-21H,2-3,14-16H2,1H3;1-10H;1-2H3;1H4/t31-,32-;19-,20-;;;/m11.../s1. The van der Waals surface area contributed by atoms with Crippen LogP contribution < -0.4 is 26.3 Å².